The fourth-order valence-electron chi connectivity index (χ4n) is 2.32. The van der Waals surface area contributed by atoms with Crippen molar-refractivity contribution in [2.75, 3.05) is 11.0 Å². The van der Waals surface area contributed by atoms with E-state index in [0.717, 1.165) is 18.4 Å². The Bertz CT molecular complexity index is 1030. The summed E-state index contributed by atoms with van der Waals surface area (Å²) in [4.78, 5) is 15.8. The zero-order valence-corrected chi connectivity index (χ0v) is 18.1. The summed E-state index contributed by atoms with van der Waals surface area (Å²) in [7, 11) is -3.65. The minimum Gasteiger partial charge on any atom is -0.351 e. The van der Waals surface area contributed by atoms with E-state index in [9.17, 15) is 30.8 Å². The van der Waals surface area contributed by atoms with Crippen LogP contribution in [-0.2, 0) is 27.5 Å². The van der Waals surface area contributed by atoms with Gasteiger partial charge in [-0.05, 0) is 53.3 Å². The SMILES string of the molecule is CC(C(=O)NCc1ccc(C(F)(F)F)nc1I)c1ccc(NS(C)(=O)=O)c(F)c1. The summed E-state index contributed by atoms with van der Waals surface area (Å²) in [5.74, 6) is -2.10. The van der Waals surface area contributed by atoms with Crippen molar-refractivity contribution in [1.82, 2.24) is 10.3 Å². The molecule has 158 valence electrons. The first-order valence-electron chi connectivity index (χ1n) is 8.05. The van der Waals surface area contributed by atoms with E-state index in [-0.39, 0.29) is 15.9 Å². The zero-order chi connectivity index (χ0) is 22.0. The molecule has 1 aromatic heterocycles. The van der Waals surface area contributed by atoms with Crippen molar-refractivity contribution in [2.45, 2.75) is 25.6 Å². The highest BCUT2D eigenvalue weighted by Gasteiger charge is 2.32. The van der Waals surface area contributed by atoms with Gasteiger partial charge in [0.1, 0.15) is 15.2 Å². The van der Waals surface area contributed by atoms with Gasteiger partial charge in [-0.25, -0.2) is 17.8 Å². The molecule has 29 heavy (non-hydrogen) atoms. The molecule has 0 aliphatic heterocycles. The lowest BCUT2D eigenvalue weighted by Gasteiger charge is -2.15. The third-order valence-corrected chi connectivity index (χ3v) is 5.38. The Hall–Kier alpha value is -1.96. The lowest BCUT2D eigenvalue weighted by molar-refractivity contribution is -0.141. The quantitative estimate of drug-likeness (QED) is 0.330. The van der Waals surface area contributed by atoms with E-state index in [2.05, 4.69) is 10.3 Å². The molecule has 1 amide bonds. The maximum atomic E-state index is 14.1. The lowest BCUT2D eigenvalue weighted by Crippen LogP contribution is -2.28. The van der Waals surface area contributed by atoms with Crippen LogP contribution in [0.3, 0.4) is 0 Å². The Kier molecular flexibility index (Phi) is 7.09. The van der Waals surface area contributed by atoms with Crippen molar-refractivity contribution in [2.24, 2.45) is 0 Å². The first-order chi connectivity index (χ1) is 13.3. The molecule has 0 saturated carbocycles. The number of hydrogen-bond acceptors (Lipinski definition) is 4. The van der Waals surface area contributed by atoms with Gasteiger partial charge in [-0.15, -0.1) is 0 Å². The summed E-state index contributed by atoms with van der Waals surface area (Å²) in [5, 5.41) is 2.57. The van der Waals surface area contributed by atoms with Crippen LogP contribution in [0.25, 0.3) is 0 Å². The Morgan fingerprint density at radius 1 is 1.24 bits per heavy atom. The Balaban J connectivity index is 2.07. The number of aromatic nitrogens is 1. The summed E-state index contributed by atoms with van der Waals surface area (Å²) in [6.45, 7) is 1.46. The highest BCUT2D eigenvalue weighted by Crippen LogP contribution is 2.28. The van der Waals surface area contributed by atoms with Crippen LogP contribution in [0.2, 0.25) is 0 Å². The molecule has 0 radical (unpaired) electrons. The minimum atomic E-state index is -4.56. The Morgan fingerprint density at radius 2 is 1.90 bits per heavy atom. The third kappa shape index (κ3) is 6.52. The monoisotopic (exact) mass is 545 g/mol. The predicted molar refractivity (Wildman–Crippen MR) is 107 cm³/mol. The van der Waals surface area contributed by atoms with Crippen molar-refractivity contribution in [3.8, 4) is 0 Å². The molecule has 0 aliphatic rings. The van der Waals surface area contributed by atoms with Gasteiger partial charge < -0.3 is 5.32 Å². The number of carbonyl (C=O) groups is 1. The largest absolute Gasteiger partial charge is 0.433 e. The van der Waals surface area contributed by atoms with Gasteiger partial charge in [0.25, 0.3) is 0 Å². The van der Waals surface area contributed by atoms with Crippen LogP contribution in [0.5, 0.6) is 0 Å². The maximum absolute atomic E-state index is 14.1. The van der Waals surface area contributed by atoms with E-state index < -0.39 is 39.5 Å². The summed E-state index contributed by atoms with van der Waals surface area (Å²) in [5.41, 5.74) is -0.560. The smallest absolute Gasteiger partial charge is 0.351 e. The van der Waals surface area contributed by atoms with Crippen LogP contribution in [0.15, 0.2) is 30.3 Å². The number of halogens is 5. The second-order valence-electron chi connectivity index (χ2n) is 6.20. The number of amides is 1. The molecule has 2 N–H and O–H groups in total. The molecule has 0 aliphatic carbocycles. The number of carbonyl (C=O) groups excluding carboxylic acids is 1. The molecule has 0 bridgehead atoms. The summed E-state index contributed by atoms with van der Waals surface area (Å²) in [6, 6.07) is 5.72. The summed E-state index contributed by atoms with van der Waals surface area (Å²) in [6.07, 6.45) is -3.67. The number of sulfonamides is 1. The fraction of sp³-hybridized carbons (Fsp3) is 0.294. The fourth-order valence-corrected chi connectivity index (χ4v) is 3.52. The van der Waals surface area contributed by atoms with Gasteiger partial charge in [0.15, 0.2) is 0 Å². The van der Waals surface area contributed by atoms with Crippen molar-refractivity contribution in [3.63, 3.8) is 0 Å². The normalized spacial score (nSPS) is 13.1. The van der Waals surface area contributed by atoms with Gasteiger partial charge in [-0.2, -0.15) is 13.2 Å². The highest BCUT2D eigenvalue weighted by molar-refractivity contribution is 14.1. The predicted octanol–water partition coefficient (Wildman–Crippen LogP) is 3.64. The van der Waals surface area contributed by atoms with Crippen molar-refractivity contribution < 1.29 is 30.8 Å². The molecule has 0 fully saturated rings. The van der Waals surface area contributed by atoms with Crippen LogP contribution in [0.4, 0.5) is 23.2 Å². The van der Waals surface area contributed by atoms with E-state index in [4.69, 9.17) is 0 Å². The number of nitrogens with one attached hydrogen (secondary N) is 2. The van der Waals surface area contributed by atoms with Crippen molar-refractivity contribution in [1.29, 1.82) is 0 Å². The molecule has 1 heterocycles. The molecule has 0 spiro atoms. The van der Waals surface area contributed by atoms with E-state index in [0.29, 0.717) is 11.1 Å². The molecule has 2 rings (SSSR count). The number of anilines is 1. The average molecular weight is 545 g/mol. The lowest BCUT2D eigenvalue weighted by atomic mass is 9.99. The third-order valence-electron chi connectivity index (χ3n) is 3.85. The number of pyridine rings is 1. The molecule has 12 heteroatoms. The minimum absolute atomic E-state index is 0.0528. The van der Waals surface area contributed by atoms with E-state index in [1.54, 1.807) is 22.6 Å². The van der Waals surface area contributed by atoms with Crippen molar-refractivity contribution >= 4 is 44.2 Å². The Labute approximate surface area is 178 Å². The van der Waals surface area contributed by atoms with Crippen LogP contribution < -0.4 is 10.0 Å². The first kappa shape index (κ1) is 23.3. The zero-order valence-electron chi connectivity index (χ0n) is 15.1. The molecule has 1 unspecified atom stereocenters. The Morgan fingerprint density at radius 3 is 2.41 bits per heavy atom. The second-order valence-corrected chi connectivity index (χ2v) is 8.97. The molecule has 2 aromatic rings. The highest BCUT2D eigenvalue weighted by atomic mass is 127. The number of hydrogen-bond donors (Lipinski definition) is 2. The van der Waals surface area contributed by atoms with Gasteiger partial charge in [-0.3, -0.25) is 9.52 Å². The van der Waals surface area contributed by atoms with Gasteiger partial charge in [-0.1, -0.05) is 12.1 Å². The van der Waals surface area contributed by atoms with E-state index in [1.165, 1.54) is 25.1 Å². The van der Waals surface area contributed by atoms with Gasteiger partial charge >= 0.3 is 6.18 Å². The molecule has 0 saturated heterocycles. The molecule has 1 aromatic carbocycles. The average Bonchev–Trinajstić information content (AvgIpc) is 2.59. The van der Waals surface area contributed by atoms with E-state index in [1.807, 2.05) is 4.72 Å². The van der Waals surface area contributed by atoms with Gasteiger partial charge in [0, 0.05) is 12.1 Å². The van der Waals surface area contributed by atoms with Crippen LogP contribution in [0.1, 0.15) is 29.7 Å². The van der Waals surface area contributed by atoms with Gasteiger partial charge in [0.2, 0.25) is 15.9 Å². The maximum Gasteiger partial charge on any atom is 0.433 e. The first-order valence-corrected chi connectivity index (χ1v) is 11.0. The summed E-state index contributed by atoms with van der Waals surface area (Å²) >= 11 is 1.65. The number of benzene rings is 1. The topological polar surface area (TPSA) is 88.2 Å². The van der Waals surface area contributed by atoms with E-state index >= 15 is 0 Å². The van der Waals surface area contributed by atoms with Crippen molar-refractivity contribution in [3.05, 3.63) is 56.7 Å². The number of alkyl halides is 3. The number of rotatable bonds is 6. The molecular weight excluding hydrogens is 529 g/mol. The van der Waals surface area contributed by atoms with Crippen LogP contribution >= 0.6 is 22.6 Å². The standard InChI is InChI=1S/C17H16F4IN3O3S/c1-9(10-3-5-13(12(18)7-10)25-29(2,27)28)16(26)23-8-11-4-6-14(17(19,20)21)24-15(11)22/h3-7,9,25H,8H2,1-2H3,(H,23,26). The van der Waals surface area contributed by atoms with Gasteiger partial charge in [0.05, 0.1) is 17.9 Å². The molecule has 6 nitrogen and oxygen atoms in total. The van der Waals surface area contributed by atoms with Crippen LogP contribution in [0, 0.1) is 9.52 Å². The molecular formula is C17H16F4IN3O3S. The van der Waals surface area contributed by atoms with Crippen LogP contribution in [-0.4, -0.2) is 25.6 Å². The summed E-state index contributed by atoms with van der Waals surface area (Å²) < 4.78 is 76.6. The number of nitrogens with zero attached hydrogens (tertiary/aromatic N) is 1. The molecule has 1 atom stereocenters. The second kappa shape index (κ2) is 8.81.